The van der Waals surface area contributed by atoms with E-state index in [-0.39, 0.29) is 5.88 Å². The molecule has 0 atom stereocenters. The van der Waals surface area contributed by atoms with Crippen molar-refractivity contribution in [2.75, 3.05) is 18.9 Å². The van der Waals surface area contributed by atoms with E-state index >= 15 is 0 Å². The second-order valence-electron chi connectivity index (χ2n) is 3.99. The van der Waals surface area contributed by atoms with Crippen LogP contribution in [0, 0.1) is 6.92 Å². The minimum Gasteiger partial charge on any atom is -0.486 e. The summed E-state index contributed by atoms with van der Waals surface area (Å²) in [6.45, 7) is 3.08. The monoisotopic (exact) mass is 310 g/mol. The summed E-state index contributed by atoms with van der Waals surface area (Å²) in [5.41, 5.74) is 8.34. The number of nitrogens with two attached hydrogens (primary N) is 1. The van der Waals surface area contributed by atoms with Gasteiger partial charge in [-0.2, -0.15) is 0 Å². The maximum Gasteiger partial charge on any atom is 0.229 e. The van der Waals surface area contributed by atoms with Crippen LogP contribution in [-0.4, -0.2) is 18.4 Å². The second-order valence-corrected chi connectivity index (χ2v) is 4.78. The molecular weight excluding hydrogens is 300 g/mol. The fraction of sp³-hybridized carbons (Fsp3) is 0.250. The van der Waals surface area contributed by atoms with Crippen molar-refractivity contribution in [3.63, 3.8) is 0 Å². The molecule has 1 aliphatic rings. The van der Waals surface area contributed by atoms with Gasteiger partial charge in [-0.3, -0.25) is 0 Å². The molecule has 94 valence electrons. The summed E-state index contributed by atoms with van der Waals surface area (Å²) in [7, 11) is 0. The Balaban J connectivity index is 2.22. The zero-order chi connectivity index (χ0) is 12.7. The van der Waals surface area contributed by atoms with Gasteiger partial charge < -0.3 is 19.7 Å². The van der Waals surface area contributed by atoms with E-state index < -0.39 is 0 Å². The highest BCUT2D eigenvalue weighted by Gasteiger charge is 2.21. The molecule has 5 nitrogen and oxygen atoms in total. The Kier molecular flexibility index (Phi) is 2.66. The SMILES string of the molecule is Cc1c(Br)c(-c2cnoc2N)cc2c1OCCO2. The van der Waals surface area contributed by atoms with E-state index in [9.17, 15) is 0 Å². The van der Waals surface area contributed by atoms with Gasteiger partial charge in [-0.25, -0.2) is 0 Å². The van der Waals surface area contributed by atoms with Crippen molar-refractivity contribution in [3.8, 4) is 22.6 Å². The number of anilines is 1. The van der Waals surface area contributed by atoms with Crippen LogP contribution >= 0.6 is 15.9 Å². The molecule has 2 heterocycles. The number of hydrogen-bond acceptors (Lipinski definition) is 5. The third-order valence-corrected chi connectivity index (χ3v) is 3.90. The third-order valence-electron chi connectivity index (χ3n) is 2.88. The summed E-state index contributed by atoms with van der Waals surface area (Å²) in [5.74, 6) is 1.77. The summed E-state index contributed by atoms with van der Waals surface area (Å²) in [6.07, 6.45) is 1.59. The highest BCUT2D eigenvalue weighted by Crippen LogP contribution is 2.44. The Labute approximate surface area is 112 Å². The number of benzene rings is 1. The maximum atomic E-state index is 5.75. The van der Waals surface area contributed by atoms with Crippen molar-refractivity contribution < 1.29 is 14.0 Å². The topological polar surface area (TPSA) is 70.5 Å². The van der Waals surface area contributed by atoms with Crippen LogP contribution in [0.3, 0.4) is 0 Å². The Hall–Kier alpha value is -1.69. The molecule has 2 N–H and O–H groups in total. The number of hydrogen-bond donors (Lipinski definition) is 1. The molecule has 0 saturated carbocycles. The fourth-order valence-electron chi connectivity index (χ4n) is 1.98. The van der Waals surface area contributed by atoms with Crippen LogP contribution in [0.2, 0.25) is 0 Å². The van der Waals surface area contributed by atoms with E-state index in [0.717, 1.165) is 32.7 Å². The molecule has 1 aromatic carbocycles. The molecule has 0 amide bonds. The normalized spacial score (nSPS) is 13.7. The van der Waals surface area contributed by atoms with E-state index in [1.54, 1.807) is 6.20 Å². The van der Waals surface area contributed by atoms with Crippen LogP contribution in [0.15, 0.2) is 21.3 Å². The molecule has 2 aromatic rings. The van der Waals surface area contributed by atoms with Gasteiger partial charge in [-0.15, -0.1) is 0 Å². The lowest BCUT2D eigenvalue weighted by atomic mass is 10.0. The maximum absolute atomic E-state index is 5.75. The van der Waals surface area contributed by atoms with Gasteiger partial charge in [0.25, 0.3) is 0 Å². The minimum atomic E-state index is 0.284. The van der Waals surface area contributed by atoms with Gasteiger partial charge in [-0.1, -0.05) is 5.16 Å². The Bertz CT molecular complexity index is 610. The third kappa shape index (κ3) is 1.64. The molecule has 0 radical (unpaired) electrons. The molecule has 1 aromatic heterocycles. The fourth-order valence-corrected chi connectivity index (χ4v) is 2.48. The molecule has 0 bridgehead atoms. The van der Waals surface area contributed by atoms with Crippen molar-refractivity contribution in [3.05, 3.63) is 22.3 Å². The molecule has 0 saturated heterocycles. The highest BCUT2D eigenvalue weighted by molar-refractivity contribution is 9.10. The summed E-state index contributed by atoms with van der Waals surface area (Å²) in [5, 5.41) is 3.69. The van der Waals surface area contributed by atoms with Gasteiger partial charge in [0.1, 0.15) is 13.2 Å². The van der Waals surface area contributed by atoms with Crippen LogP contribution in [0.5, 0.6) is 11.5 Å². The smallest absolute Gasteiger partial charge is 0.229 e. The Morgan fingerprint density at radius 3 is 2.78 bits per heavy atom. The van der Waals surface area contributed by atoms with Crippen LogP contribution < -0.4 is 15.2 Å². The van der Waals surface area contributed by atoms with Crippen molar-refractivity contribution in [2.24, 2.45) is 0 Å². The highest BCUT2D eigenvalue weighted by atomic mass is 79.9. The zero-order valence-electron chi connectivity index (χ0n) is 9.70. The summed E-state index contributed by atoms with van der Waals surface area (Å²) >= 11 is 3.55. The van der Waals surface area contributed by atoms with Gasteiger partial charge in [0.15, 0.2) is 11.5 Å². The van der Waals surface area contributed by atoms with E-state index in [1.165, 1.54) is 0 Å². The number of ether oxygens (including phenoxy) is 2. The molecular formula is C12H11BrN2O3. The van der Waals surface area contributed by atoms with Crippen LogP contribution in [-0.2, 0) is 0 Å². The van der Waals surface area contributed by atoms with Gasteiger partial charge in [0.05, 0.1) is 11.8 Å². The molecule has 0 unspecified atom stereocenters. The molecule has 6 heteroatoms. The van der Waals surface area contributed by atoms with Crippen molar-refractivity contribution >= 4 is 21.8 Å². The van der Waals surface area contributed by atoms with Gasteiger partial charge in [0.2, 0.25) is 5.88 Å². The average molecular weight is 311 g/mol. The predicted octanol–water partition coefficient (Wildman–Crippen LogP) is 2.77. The first-order chi connectivity index (χ1) is 8.68. The van der Waals surface area contributed by atoms with Gasteiger partial charge in [-0.05, 0) is 28.9 Å². The lowest BCUT2D eigenvalue weighted by Gasteiger charge is -2.22. The largest absolute Gasteiger partial charge is 0.486 e. The van der Waals surface area contributed by atoms with Crippen LogP contribution in [0.1, 0.15) is 5.56 Å². The van der Waals surface area contributed by atoms with Crippen LogP contribution in [0.25, 0.3) is 11.1 Å². The van der Waals surface area contributed by atoms with Crippen molar-refractivity contribution in [1.29, 1.82) is 0 Å². The molecule has 0 spiro atoms. The van der Waals surface area contributed by atoms with E-state index in [0.29, 0.717) is 13.2 Å². The molecule has 0 fully saturated rings. The first kappa shape index (κ1) is 11.4. The number of fused-ring (bicyclic) bond motifs is 1. The second kappa shape index (κ2) is 4.20. The predicted molar refractivity (Wildman–Crippen MR) is 69.8 cm³/mol. The van der Waals surface area contributed by atoms with Gasteiger partial charge >= 0.3 is 0 Å². The first-order valence-corrected chi connectivity index (χ1v) is 6.27. The summed E-state index contributed by atoms with van der Waals surface area (Å²) in [6, 6.07) is 1.88. The summed E-state index contributed by atoms with van der Waals surface area (Å²) < 4.78 is 17.0. The molecule has 18 heavy (non-hydrogen) atoms. The number of nitrogens with zero attached hydrogens (tertiary/aromatic N) is 1. The van der Waals surface area contributed by atoms with Crippen LogP contribution in [0.4, 0.5) is 5.88 Å². The Morgan fingerprint density at radius 1 is 1.28 bits per heavy atom. The van der Waals surface area contributed by atoms with Crippen molar-refractivity contribution in [2.45, 2.75) is 6.92 Å². The average Bonchev–Trinajstić information content (AvgIpc) is 2.80. The molecule has 1 aliphatic heterocycles. The number of halogens is 1. The van der Waals surface area contributed by atoms with E-state index in [4.69, 9.17) is 19.7 Å². The number of rotatable bonds is 1. The summed E-state index contributed by atoms with van der Waals surface area (Å²) in [4.78, 5) is 0. The Morgan fingerprint density at radius 2 is 2.06 bits per heavy atom. The quantitative estimate of drug-likeness (QED) is 0.877. The van der Waals surface area contributed by atoms with E-state index in [1.807, 2.05) is 13.0 Å². The lowest BCUT2D eigenvalue weighted by Crippen LogP contribution is -2.16. The molecule has 3 rings (SSSR count). The lowest BCUT2D eigenvalue weighted by molar-refractivity contribution is 0.170. The van der Waals surface area contributed by atoms with Crippen molar-refractivity contribution in [1.82, 2.24) is 5.16 Å². The van der Waals surface area contributed by atoms with Gasteiger partial charge in [0, 0.05) is 15.6 Å². The zero-order valence-corrected chi connectivity index (χ0v) is 11.3. The number of nitrogen functional groups attached to an aromatic ring is 1. The van der Waals surface area contributed by atoms with E-state index in [2.05, 4.69) is 21.1 Å². The number of aromatic nitrogens is 1. The standard InChI is InChI=1S/C12H11BrN2O3/c1-6-10(13)7(8-5-15-18-12(8)14)4-9-11(6)17-3-2-16-9/h4-5H,2-3,14H2,1H3. The molecule has 0 aliphatic carbocycles. The minimum absolute atomic E-state index is 0.284. The first-order valence-electron chi connectivity index (χ1n) is 5.47.